The molecule has 2 rings (SSSR count). The largest absolute Gasteiger partial charge is 0.478 e. The minimum Gasteiger partial charge on any atom is -0.478 e. The quantitative estimate of drug-likeness (QED) is 0.859. The van der Waals surface area contributed by atoms with Gasteiger partial charge in [0.15, 0.2) is 0 Å². The first-order valence-corrected chi connectivity index (χ1v) is 7.48. The molecule has 1 aliphatic rings. The summed E-state index contributed by atoms with van der Waals surface area (Å²) >= 11 is 0. The van der Waals surface area contributed by atoms with Crippen molar-refractivity contribution in [2.75, 3.05) is 5.32 Å². The molecule has 0 amide bonds. The van der Waals surface area contributed by atoms with E-state index in [-0.39, 0.29) is 5.41 Å². The number of anilines is 1. The fraction of sp³-hybridized carbons (Fsp3) is 0.588. The minimum absolute atomic E-state index is 0.246. The van der Waals surface area contributed by atoms with Crippen molar-refractivity contribution in [3.05, 3.63) is 29.8 Å². The number of carboxylic acid groups (broad SMARTS) is 1. The molecule has 0 bridgehead atoms. The summed E-state index contributed by atoms with van der Waals surface area (Å²) in [6.07, 6.45) is 4.84. The number of para-hydroxylation sites is 1. The summed E-state index contributed by atoms with van der Waals surface area (Å²) in [5, 5.41) is 12.8. The number of hydrogen-bond donors (Lipinski definition) is 2. The van der Waals surface area contributed by atoms with Gasteiger partial charge in [-0.2, -0.15) is 0 Å². The van der Waals surface area contributed by atoms with Crippen LogP contribution in [-0.4, -0.2) is 17.1 Å². The van der Waals surface area contributed by atoms with Gasteiger partial charge in [0.05, 0.1) is 5.56 Å². The van der Waals surface area contributed by atoms with Gasteiger partial charge >= 0.3 is 5.97 Å². The molecular formula is C17H25NO2. The van der Waals surface area contributed by atoms with E-state index in [1.54, 1.807) is 12.1 Å². The first-order chi connectivity index (χ1) is 9.39. The second-order valence-corrected chi connectivity index (χ2v) is 6.86. The lowest BCUT2D eigenvalue weighted by molar-refractivity contribution is 0.0697. The van der Waals surface area contributed by atoms with Gasteiger partial charge in [0, 0.05) is 11.7 Å². The third-order valence-electron chi connectivity index (χ3n) is 4.38. The topological polar surface area (TPSA) is 49.3 Å². The number of benzene rings is 1. The number of aromatic carboxylic acids is 1. The van der Waals surface area contributed by atoms with Crippen LogP contribution in [0, 0.1) is 11.3 Å². The summed E-state index contributed by atoms with van der Waals surface area (Å²) in [6, 6.07) is 7.57. The lowest BCUT2D eigenvalue weighted by atomic mass is 9.69. The molecule has 20 heavy (non-hydrogen) atoms. The maximum Gasteiger partial charge on any atom is 0.337 e. The maximum atomic E-state index is 11.3. The molecule has 0 aliphatic heterocycles. The van der Waals surface area contributed by atoms with E-state index in [0.29, 0.717) is 17.5 Å². The first kappa shape index (κ1) is 14.9. The predicted octanol–water partition coefficient (Wildman–Crippen LogP) is 4.40. The van der Waals surface area contributed by atoms with Crippen molar-refractivity contribution in [3.63, 3.8) is 0 Å². The zero-order valence-corrected chi connectivity index (χ0v) is 12.6. The summed E-state index contributed by atoms with van der Waals surface area (Å²) in [4.78, 5) is 11.3. The zero-order valence-electron chi connectivity index (χ0n) is 12.6. The molecule has 0 aromatic heterocycles. The number of hydrogen-bond acceptors (Lipinski definition) is 2. The Kier molecular flexibility index (Phi) is 4.36. The summed E-state index contributed by atoms with van der Waals surface area (Å²) in [5.74, 6) is -0.283. The molecule has 0 saturated heterocycles. The Hall–Kier alpha value is -1.51. The molecule has 1 fully saturated rings. The molecule has 1 aromatic rings. The Balaban J connectivity index is 2.21. The fourth-order valence-electron chi connectivity index (χ4n) is 3.34. The Labute approximate surface area is 121 Å². The molecule has 3 heteroatoms. The van der Waals surface area contributed by atoms with Crippen molar-refractivity contribution >= 4 is 11.7 Å². The van der Waals surface area contributed by atoms with Crippen molar-refractivity contribution in [1.82, 2.24) is 0 Å². The standard InChI is InChI=1S/C17H25NO2/c1-17(2,3)13-9-5-7-11-15(13)18-14-10-6-4-8-12(14)16(19)20/h4,6,8,10,13,15,18H,5,7,9,11H2,1-3H3,(H,19,20). The highest BCUT2D eigenvalue weighted by Crippen LogP contribution is 2.39. The van der Waals surface area contributed by atoms with Gasteiger partial charge in [-0.1, -0.05) is 45.7 Å². The van der Waals surface area contributed by atoms with Crippen LogP contribution in [0.3, 0.4) is 0 Å². The van der Waals surface area contributed by atoms with Crippen molar-refractivity contribution in [3.8, 4) is 0 Å². The van der Waals surface area contributed by atoms with Gasteiger partial charge in [-0.25, -0.2) is 4.79 Å². The molecule has 3 nitrogen and oxygen atoms in total. The molecule has 2 N–H and O–H groups in total. The summed E-state index contributed by atoms with van der Waals surface area (Å²) in [7, 11) is 0. The van der Waals surface area contributed by atoms with Crippen LogP contribution in [0.1, 0.15) is 56.8 Å². The molecule has 2 unspecified atom stereocenters. The minimum atomic E-state index is -0.865. The maximum absolute atomic E-state index is 11.3. The highest BCUT2D eigenvalue weighted by atomic mass is 16.4. The highest BCUT2D eigenvalue weighted by Gasteiger charge is 2.34. The highest BCUT2D eigenvalue weighted by molar-refractivity contribution is 5.94. The number of rotatable bonds is 3. The monoisotopic (exact) mass is 275 g/mol. The lowest BCUT2D eigenvalue weighted by Gasteiger charge is -2.41. The van der Waals surface area contributed by atoms with E-state index in [2.05, 4.69) is 26.1 Å². The zero-order chi connectivity index (χ0) is 14.8. The van der Waals surface area contributed by atoms with Crippen LogP contribution < -0.4 is 5.32 Å². The van der Waals surface area contributed by atoms with Crippen LogP contribution in [0.4, 0.5) is 5.69 Å². The van der Waals surface area contributed by atoms with Gasteiger partial charge in [0.25, 0.3) is 0 Å². The second kappa shape index (κ2) is 5.86. The molecule has 1 aliphatic carbocycles. The molecular weight excluding hydrogens is 250 g/mol. The van der Waals surface area contributed by atoms with Crippen molar-refractivity contribution in [2.45, 2.75) is 52.5 Å². The Morgan fingerprint density at radius 2 is 1.85 bits per heavy atom. The number of carboxylic acids is 1. The van der Waals surface area contributed by atoms with Crippen molar-refractivity contribution in [2.24, 2.45) is 11.3 Å². The number of nitrogens with one attached hydrogen (secondary N) is 1. The predicted molar refractivity (Wildman–Crippen MR) is 82.2 cm³/mol. The molecule has 0 heterocycles. The van der Waals surface area contributed by atoms with E-state index in [1.165, 1.54) is 19.3 Å². The number of carbonyl (C=O) groups is 1. The molecule has 1 aromatic carbocycles. The van der Waals surface area contributed by atoms with E-state index in [9.17, 15) is 9.90 Å². The van der Waals surface area contributed by atoms with Gasteiger partial charge in [-0.15, -0.1) is 0 Å². The Morgan fingerprint density at radius 3 is 2.50 bits per heavy atom. The van der Waals surface area contributed by atoms with E-state index < -0.39 is 5.97 Å². The van der Waals surface area contributed by atoms with Gasteiger partial charge in [0.1, 0.15) is 0 Å². The summed E-state index contributed by atoms with van der Waals surface area (Å²) in [6.45, 7) is 6.84. The van der Waals surface area contributed by atoms with Crippen LogP contribution in [0.2, 0.25) is 0 Å². The SMILES string of the molecule is CC(C)(C)C1CCCCC1Nc1ccccc1C(=O)O. The molecule has 110 valence electrons. The normalized spacial score (nSPS) is 23.4. The van der Waals surface area contributed by atoms with E-state index >= 15 is 0 Å². The van der Waals surface area contributed by atoms with E-state index in [0.717, 1.165) is 12.1 Å². The first-order valence-electron chi connectivity index (χ1n) is 7.48. The molecule has 2 atom stereocenters. The third kappa shape index (κ3) is 3.33. The molecule has 0 radical (unpaired) electrons. The van der Waals surface area contributed by atoms with E-state index in [1.807, 2.05) is 12.1 Å². The van der Waals surface area contributed by atoms with Crippen LogP contribution >= 0.6 is 0 Å². The summed E-state index contributed by atoms with van der Waals surface area (Å²) < 4.78 is 0. The van der Waals surface area contributed by atoms with Crippen LogP contribution in [0.25, 0.3) is 0 Å². The van der Waals surface area contributed by atoms with E-state index in [4.69, 9.17) is 0 Å². The molecule has 1 saturated carbocycles. The fourth-order valence-corrected chi connectivity index (χ4v) is 3.34. The molecule has 0 spiro atoms. The van der Waals surface area contributed by atoms with Crippen LogP contribution in [0.15, 0.2) is 24.3 Å². The van der Waals surface area contributed by atoms with Gasteiger partial charge < -0.3 is 10.4 Å². The Morgan fingerprint density at radius 1 is 1.20 bits per heavy atom. The van der Waals surface area contributed by atoms with Gasteiger partial charge in [0.2, 0.25) is 0 Å². The van der Waals surface area contributed by atoms with Gasteiger partial charge in [-0.3, -0.25) is 0 Å². The van der Waals surface area contributed by atoms with Crippen molar-refractivity contribution in [1.29, 1.82) is 0 Å². The van der Waals surface area contributed by atoms with Crippen LogP contribution in [0.5, 0.6) is 0 Å². The average molecular weight is 275 g/mol. The average Bonchev–Trinajstić information content (AvgIpc) is 2.38. The van der Waals surface area contributed by atoms with Crippen LogP contribution in [-0.2, 0) is 0 Å². The third-order valence-corrected chi connectivity index (χ3v) is 4.38. The summed E-state index contributed by atoms with van der Waals surface area (Å²) in [5.41, 5.74) is 1.36. The van der Waals surface area contributed by atoms with Crippen molar-refractivity contribution < 1.29 is 9.90 Å². The smallest absolute Gasteiger partial charge is 0.337 e. The lowest BCUT2D eigenvalue weighted by Crippen LogP contribution is -2.40. The van der Waals surface area contributed by atoms with Gasteiger partial charge in [-0.05, 0) is 36.3 Å². The Bertz CT molecular complexity index is 476. The second-order valence-electron chi connectivity index (χ2n) is 6.86.